The average Bonchev–Trinajstić information content (AvgIpc) is 3.17. The fourth-order valence-electron chi connectivity index (χ4n) is 4.22. The highest BCUT2D eigenvalue weighted by molar-refractivity contribution is 5.88. The fraction of sp³-hybridized carbons (Fsp3) is 0.360. The van der Waals surface area contributed by atoms with Crippen LogP contribution in [0, 0.1) is 19.7 Å². The first-order valence-electron chi connectivity index (χ1n) is 10.8. The third kappa shape index (κ3) is 5.04. The molecule has 0 atom stereocenters. The van der Waals surface area contributed by atoms with Crippen LogP contribution in [0.15, 0.2) is 36.4 Å². The number of benzene rings is 2. The zero-order valence-corrected chi connectivity index (χ0v) is 20.8. The maximum Gasteiger partial charge on any atom is 0.130 e. The third-order valence-electron chi connectivity index (χ3n) is 5.92. The molecule has 4 aromatic rings. The molecule has 8 heteroatoms. The smallest absolute Gasteiger partial charge is 0.130 e. The van der Waals surface area contributed by atoms with Crippen molar-refractivity contribution in [1.29, 1.82) is 0 Å². The van der Waals surface area contributed by atoms with Gasteiger partial charge in [0.1, 0.15) is 11.6 Å². The quantitative estimate of drug-likeness (QED) is 0.387. The van der Waals surface area contributed by atoms with Crippen LogP contribution in [0.25, 0.3) is 22.0 Å². The molecule has 2 heterocycles. The topological polar surface area (TPSA) is 48.1 Å². The Kier molecular flexibility index (Phi) is 7.44. The summed E-state index contributed by atoms with van der Waals surface area (Å²) in [6.07, 6.45) is 0.718. The lowest BCUT2D eigenvalue weighted by atomic mass is 10.0. The number of aromatic nitrogens is 4. The van der Waals surface area contributed by atoms with Crippen LogP contribution in [0.1, 0.15) is 22.6 Å². The highest BCUT2D eigenvalue weighted by Gasteiger charge is 2.15. The van der Waals surface area contributed by atoms with Crippen molar-refractivity contribution in [3.05, 3.63) is 64.9 Å². The van der Waals surface area contributed by atoms with Gasteiger partial charge in [-0.25, -0.2) is 4.39 Å². The minimum Gasteiger partial charge on any atom is -0.492 e. The molecule has 0 saturated carbocycles. The Balaban J connectivity index is 0.00000306. The second kappa shape index (κ2) is 9.93. The number of aryl methyl sites for hydroxylation is 3. The van der Waals surface area contributed by atoms with Gasteiger partial charge in [0.15, 0.2) is 0 Å². The van der Waals surface area contributed by atoms with E-state index in [4.69, 9.17) is 4.74 Å². The predicted octanol–water partition coefficient (Wildman–Crippen LogP) is 4.83. The normalized spacial score (nSPS) is 11.3. The summed E-state index contributed by atoms with van der Waals surface area (Å²) >= 11 is 0. The standard InChI is InChI=1S/C25H30FN5O.ClH/c1-16-20(17(2)30(5)27-16)11-12-32-25-14-19(26)8-9-21(25)18-7-10-24-22(13-18)23(15-29(3)4)28-31(24)6;/h7-10,13-14H,11-12,15H2,1-6H3;1H. The molecule has 176 valence electrons. The first-order chi connectivity index (χ1) is 15.2. The fourth-order valence-corrected chi connectivity index (χ4v) is 4.22. The maximum absolute atomic E-state index is 14.1. The zero-order valence-electron chi connectivity index (χ0n) is 20.0. The molecular weight excluding hydrogens is 441 g/mol. The van der Waals surface area contributed by atoms with E-state index < -0.39 is 0 Å². The Morgan fingerprint density at radius 1 is 1.00 bits per heavy atom. The number of halogens is 2. The summed E-state index contributed by atoms with van der Waals surface area (Å²) in [5.41, 5.74) is 7.24. The van der Waals surface area contributed by atoms with Crippen LogP contribution in [0.3, 0.4) is 0 Å². The predicted molar refractivity (Wildman–Crippen MR) is 133 cm³/mol. The summed E-state index contributed by atoms with van der Waals surface area (Å²) in [7, 11) is 7.95. The van der Waals surface area contributed by atoms with Gasteiger partial charge in [-0.1, -0.05) is 6.07 Å². The van der Waals surface area contributed by atoms with E-state index in [0.717, 1.165) is 52.1 Å². The van der Waals surface area contributed by atoms with E-state index in [9.17, 15) is 4.39 Å². The molecule has 2 aromatic heterocycles. The Hall–Kier alpha value is -2.90. The molecule has 0 radical (unpaired) electrons. The highest BCUT2D eigenvalue weighted by atomic mass is 35.5. The molecule has 0 spiro atoms. The molecule has 0 unspecified atom stereocenters. The van der Waals surface area contributed by atoms with Crippen molar-refractivity contribution in [2.45, 2.75) is 26.8 Å². The molecule has 0 amide bonds. The summed E-state index contributed by atoms with van der Waals surface area (Å²) in [5, 5.41) is 10.2. The van der Waals surface area contributed by atoms with Crippen LogP contribution in [0.4, 0.5) is 4.39 Å². The third-order valence-corrected chi connectivity index (χ3v) is 5.92. The van der Waals surface area contributed by atoms with Gasteiger partial charge in [0.05, 0.1) is 23.5 Å². The lowest BCUT2D eigenvalue weighted by Gasteiger charge is -2.13. The van der Waals surface area contributed by atoms with E-state index in [0.29, 0.717) is 12.4 Å². The molecule has 0 aliphatic carbocycles. The summed E-state index contributed by atoms with van der Waals surface area (Å²) in [4.78, 5) is 2.10. The zero-order chi connectivity index (χ0) is 23.0. The molecule has 33 heavy (non-hydrogen) atoms. The molecule has 0 aliphatic heterocycles. The molecule has 6 nitrogen and oxygen atoms in total. The average molecular weight is 472 g/mol. The van der Waals surface area contributed by atoms with Crippen molar-refractivity contribution in [3.8, 4) is 16.9 Å². The molecule has 0 fully saturated rings. The second-order valence-corrected chi connectivity index (χ2v) is 8.55. The van der Waals surface area contributed by atoms with Gasteiger partial charge in [0, 0.05) is 49.8 Å². The van der Waals surface area contributed by atoms with Gasteiger partial charge in [0.2, 0.25) is 0 Å². The maximum atomic E-state index is 14.1. The van der Waals surface area contributed by atoms with Crippen LogP contribution < -0.4 is 4.74 Å². The van der Waals surface area contributed by atoms with Gasteiger partial charge in [-0.05, 0) is 63.3 Å². The van der Waals surface area contributed by atoms with Gasteiger partial charge in [-0.2, -0.15) is 10.2 Å². The summed E-state index contributed by atoms with van der Waals surface area (Å²) in [5.74, 6) is 0.231. The van der Waals surface area contributed by atoms with Gasteiger partial charge in [0.25, 0.3) is 0 Å². The van der Waals surface area contributed by atoms with E-state index in [1.807, 2.05) is 50.5 Å². The number of fused-ring (bicyclic) bond motifs is 1. The molecular formula is C25H31ClFN5O. The van der Waals surface area contributed by atoms with Crippen molar-refractivity contribution >= 4 is 23.3 Å². The number of hydrogen-bond acceptors (Lipinski definition) is 4. The summed E-state index contributed by atoms with van der Waals surface area (Å²) < 4.78 is 24.0. The van der Waals surface area contributed by atoms with Crippen molar-refractivity contribution in [1.82, 2.24) is 24.5 Å². The molecule has 0 N–H and O–H groups in total. The summed E-state index contributed by atoms with van der Waals surface area (Å²) in [6.45, 7) is 5.25. The second-order valence-electron chi connectivity index (χ2n) is 8.55. The summed E-state index contributed by atoms with van der Waals surface area (Å²) in [6, 6.07) is 11.0. The first kappa shape index (κ1) is 24.7. The van der Waals surface area contributed by atoms with E-state index >= 15 is 0 Å². The van der Waals surface area contributed by atoms with E-state index in [2.05, 4.69) is 34.2 Å². The SMILES string of the molecule is Cc1nn(C)c(C)c1CCOc1cc(F)ccc1-c1ccc2c(c1)c(CN(C)C)nn2C.Cl. The lowest BCUT2D eigenvalue weighted by Crippen LogP contribution is -2.11. The number of nitrogens with zero attached hydrogens (tertiary/aromatic N) is 5. The Labute approximate surface area is 200 Å². The molecule has 0 saturated heterocycles. The van der Waals surface area contributed by atoms with Gasteiger partial charge in [-0.3, -0.25) is 9.36 Å². The van der Waals surface area contributed by atoms with Crippen LogP contribution in [0.5, 0.6) is 5.75 Å². The van der Waals surface area contributed by atoms with Gasteiger partial charge < -0.3 is 9.64 Å². The Morgan fingerprint density at radius 2 is 1.76 bits per heavy atom. The van der Waals surface area contributed by atoms with Gasteiger partial charge >= 0.3 is 0 Å². The number of hydrogen-bond donors (Lipinski definition) is 0. The molecule has 0 aliphatic rings. The van der Waals surface area contributed by atoms with Crippen LogP contribution in [0.2, 0.25) is 0 Å². The van der Waals surface area contributed by atoms with Gasteiger partial charge in [-0.15, -0.1) is 12.4 Å². The van der Waals surface area contributed by atoms with Crippen molar-refractivity contribution < 1.29 is 9.13 Å². The van der Waals surface area contributed by atoms with Crippen molar-refractivity contribution in [3.63, 3.8) is 0 Å². The lowest BCUT2D eigenvalue weighted by molar-refractivity contribution is 0.321. The largest absolute Gasteiger partial charge is 0.492 e. The van der Waals surface area contributed by atoms with Crippen LogP contribution >= 0.6 is 12.4 Å². The molecule has 2 aromatic carbocycles. The Bertz CT molecular complexity index is 1280. The van der Waals surface area contributed by atoms with Crippen LogP contribution in [-0.2, 0) is 27.1 Å². The monoisotopic (exact) mass is 471 g/mol. The Morgan fingerprint density at radius 3 is 2.42 bits per heavy atom. The molecule has 0 bridgehead atoms. The van der Waals surface area contributed by atoms with Crippen molar-refractivity contribution in [2.75, 3.05) is 20.7 Å². The van der Waals surface area contributed by atoms with Crippen LogP contribution in [-0.4, -0.2) is 45.2 Å². The first-order valence-corrected chi connectivity index (χ1v) is 10.8. The van der Waals surface area contributed by atoms with Crippen molar-refractivity contribution in [2.24, 2.45) is 14.1 Å². The molecule has 4 rings (SSSR count). The minimum absolute atomic E-state index is 0. The number of ether oxygens (including phenoxy) is 1. The highest BCUT2D eigenvalue weighted by Crippen LogP contribution is 2.34. The van der Waals surface area contributed by atoms with E-state index in [-0.39, 0.29) is 18.2 Å². The number of rotatable bonds is 7. The minimum atomic E-state index is -0.312. The van der Waals surface area contributed by atoms with E-state index in [1.165, 1.54) is 17.7 Å². The van der Waals surface area contributed by atoms with E-state index in [1.54, 1.807) is 6.07 Å².